The van der Waals surface area contributed by atoms with Crippen LogP contribution in [0.1, 0.15) is 18.4 Å². The van der Waals surface area contributed by atoms with Crippen molar-refractivity contribution in [2.24, 2.45) is 0 Å². The molecule has 3 aromatic rings. The van der Waals surface area contributed by atoms with Gasteiger partial charge in [-0.25, -0.2) is 0 Å². The topological polar surface area (TPSA) is 97.1 Å². The summed E-state index contributed by atoms with van der Waals surface area (Å²) in [5.41, 5.74) is 2.40. The van der Waals surface area contributed by atoms with Crippen molar-refractivity contribution in [3.05, 3.63) is 66.1 Å². The Labute approximate surface area is 160 Å². The van der Waals surface area contributed by atoms with Gasteiger partial charge < -0.3 is 15.1 Å². The minimum absolute atomic E-state index is 0.144. The molecule has 0 aliphatic carbocycles. The van der Waals surface area contributed by atoms with Gasteiger partial charge in [0.2, 0.25) is 17.7 Å². The molecule has 8 heteroatoms. The summed E-state index contributed by atoms with van der Waals surface area (Å²) in [4.78, 5) is 23.1. The van der Waals surface area contributed by atoms with Crippen LogP contribution >= 0.6 is 11.8 Å². The predicted octanol–water partition coefficient (Wildman–Crippen LogP) is 3.35. The molecular formula is C19H18N4O3S. The van der Waals surface area contributed by atoms with Gasteiger partial charge in [-0.1, -0.05) is 42.1 Å². The second kappa shape index (κ2) is 9.00. The predicted molar refractivity (Wildman–Crippen MR) is 104 cm³/mol. The fourth-order valence-electron chi connectivity index (χ4n) is 2.30. The van der Waals surface area contributed by atoms with Crippen LogP contribution in [0.15, 0.2) is 64.2 Å². The number of hydrogen-bond acceptors (Lipinski definition) is 6. The number of nitrogens with zero attached hydrogens (tertiary/aromatic N) is 2. The van der Waals surface area contributed by atoms with E-state index in [1.54, 1.807) is 24.3 Å². The SMILES string of the molecule is CC(=O)Nc1ccc(NC(=O)CSc2nnc(Cc3ccccc3)o2)cc1. The summed E-state index contributed by atoms with van der Waals surface area (Å²) in [6.45, 7) is 1.44. The highest BCUT2D eigenvalue weighted by molar-refractivity contribution is 7.99. The first-order valence-corrected chi connectivity index (χ1v) is 9.23. The number of hydrogen-bond donors (Lipinski definition) is 2. The highest BCUT2D eigenvalue weighted by atomic mass is 32.2. The highest BCUT2D eigenvalue weighted by Gasteiger charge is 2.10. The second-order valence-corrected chi connectivity index (χ2v) is 6.65. The minimum atomic E-state index is -0.185. The van der Waals surface area contributed by atoms with Crippen molar-refractivity contribution >= 4 is 35.0 Å². The first kappa shape index (κ1) is 18.7. The lowest BCUT2D eigenvalue weighted by Crippen LogP contribution is -2.14. The second-order valence-electron chi connectivity index (χ2n) is 5.72. The zero-order valence-corrected chi connectivity index (χ0v) is 15.5. The van der Waals surface area contributed by atoms with Gasteiger partial charge in [0.05, 0.1) is 12.2 Å². The van der Waals surface area contributed by atoms with Crippen molar-refractivity contribution in [3.8, 4) is 0 Å². The molecule has 7 nitrogen and oxygen atoms in total. The number of anilines is 2. The van der Waals surface area contributed by atoms with Crippen LogP contribution in [0.5, 0.6) is 0 Å². The van der Waals surface area contributed by atoms with E-state index in [4.69, 9.17) is 4.42 Å². The number of rotatable bonds is 7. The molecule has 0 atom stereocenters. The maximum Gasteiger partial charge on any atom is 0.277 e. The number of aromatic nitrogens is 2. The summed E-state index contributed by atoms with van der Waals surface area (Å²) in [5, 5.41) is 13.8. The third-order valence-electron chi connectivity index (χ3n) is 3.46. The Hall–Kier alpha value is -3.13. The maximum atomic E-state index is 12.1. The molecule has 2 aromatic carbocycles. The third kappa shape index (κ3) is 5.96. The summed E-state index contributed by atoms with van der Waals surface area (Å²) in [6, 6.07) is 16.7. The van der Waals surface area contributed by atoms with E-state index in [1.165, 1.54) is 18.7 Å². The van der Waals surface area contributed by atoms with Crippen LogP contribution in [-0.2, 0) is 16.0 Å². The summed E-state index contributed by atoms with van der Waals surface area (Å²) < 4.78 is 5.56. The molecule has 27 heavy (non-hydrogen) atoms. The molecule has 1 heterocycles. The Morgan fingerprint density at radius 2 is 1.63 bits per heavy atom. The number of carbonyl (C=O) groups excluding carboxylic acids is 2. The largest absolute Gasteiger partial charge is 0.416 e. The number of carbonyl (C=O) groups is 2. The Balaban J connectivity index is 1.47. The fraction of sp³-hybridized carbons (Fsp3) is 0.158. The molecule has 0 aliphatic rings. The van der Waals surface area contributed by atoms with Gasteiger partial charge in [-0.05, 0) is 29.8 Å². The number of benzene rings is 2. The number of thioether (sulfide) groups is 1. The van der Waals surface area contributed by atoms with Crippen molar-refractivity contribution in [1.29, 1.82) is 0 Å². The molecule has 0 radical (unpaired) electrons. The van der Waals surface area contributed by atoms with Crippen molar-refractivity contribution in [1.82, 2.24) is 10.2 Å². The first-order valence-electron chi connectivity index (χ1n) is 8.25. The number of amides is 2. The van der Waals surface area contributed by atoms with Crippen LogP contribution in [0, 0.1) is 0 Å². The normalized spacial score (nSPS) is 10.4. The van der Waals surface area contributed by atoms with Crippen LogP contribution in [0.3, 0.4) is 0 Å². The fourth-order valence-corrected chi connectivity index (χ4v) is 2.88. The van der Waals surface area contributed by atoms with Gasteiger partial charge in [0.15, 0.2) is 0 Å². The monoisotopic (exact) mass is 382 g/mol. The van der Waals surface area contributed by atoms with Crippen molar-refractivity contribution in [3.63, 3.8) is 0 Å². The maximum absolute atomic E-state index is 12.1. The van der Waals surface area contributed by atoms with Gasteiger partial charge in [-0.2, -0.15) is 0 Å². The molecule has 0 unspecified atom stereocenters. The van der Waals surface area contributed by atoms with Crippen molar-refractivity contribution in [2.75, 3.05) is 16.4 Å². The zero-order chi connectivity index (χ0) is 19.1. The van der Waals surface area contributed by atoms with Gasteiger partial charge >= 0.3 is 0 Å². The van der Waals surface area contributed by atoms with E-state index >= 15 is 0 Å². The molecule has 2 N–H and O–H groups in total. The van der Waals surface area contributed by atoms with Crippen LogP contribution in [0.4, 0.5) is 11.4 Å². The van der Waals surface area contributed by atoms with Gasteiger partial charge in [-0.15, -0.1) is 10.2 Å². The first-order chi connectivity index (χ1) is 13.1. The van der Waals surface area contributed by atoms with E-state index in [2.05, 4.69) is 20.8 Å². The summed E-state index contributed by atoms with van der Waals surface area (Å²) >= 11 is 1.18. The van der Waals surface area contributed by atoms with E-state index in [9.17, 15) is 9.59 Å². The van der Waals surface area contributed by atoms with E-state index in [0.29, 0.717) is 28.9 Å². The van der Waals surface area contributed by atoms with Gasteiger partial charge in [-0.3, -0.25) is 9.59 Å². The molecule has 138 valence electrons. The lowest BCUT2D eigenvalue weighted by atomic mass is 10.2. The number of nitrogens with one attached hydrogen (secondary N) is 2. The van der Waals surface area contributed by atoms with Crippen LogP contribution in [0.25, 0.3) is 0 Å². The molecule has 0 aliphatic heterocycles. The van der Waals surface area contributed by atoms with E-state index in [-0.39, 0.29) is 17.6 Å². The summed E-state index contributed by atoms with van der Waals surface area (Å²) in [5.74, 6) is 0.336. The smallest absolute Gasteiger partial charge is 0.277 e. The Morgan fingerprint density at radius 3 is 2.30 bits per heavy atom. The molecular weight excluding hydrogens is 364 g/mol. The van der Waals surface area contributed by atoms with E-state index in [0.717, 1.165) is 5.56 Å². The molecule has 3 rings (SSSR count). The van der Waals surface area contributed by atoms with Crippen molar-refractivity contribution < 1.29 is 14.0 Å². The molecule has 0 saturated heterocycles. The Kier molecular flexibility index (Phi) is 6.22. The van der Waals surface area contributed by atoms with Crippen molar-refractivity contribution in [2.45, 2.75) is 18.6 Å². The van der Waals surface area contributed by atoms with Crippen LogP contribution in [-0.4, -0.2) is 27.8 Å². The third-order valence-corrected chi connectivity index (χ3v) is 4.28. The quantitative estimate of drug-likeness (QED) is 0.608. The lowest BCUT2D eigenvalue weighted by molar-refractivity contribution is -0.114. The Morgan fingerprint density at radius 1 is 0.963 bits per heavy atom. The average molecular weight is 382 g/mol. The molecule has 1 aromatic heterocycles. The summed E-state index contributed by atoms with van der Waals surface area (Å²) in [6.07, 6.45) is 0.557. The summed E-state index contributed by atoms with van der Waals surface area (Å²) in [7, 11) is 0. The molecule has 0 bridgehead atoms. The van der Waals surface area contributed by atoms with Gasteiger partial charge in [0.25, 0.3) is 5.22 Å². The van der Waals surface area contributed by atoms with Crippen LogP contribution < -0.4 is 10.6 Å². The molecule has 2 amide bonds. The zero-order valence-electron chi connectivity index (χ0n) is 14.6. The molecule has 0 fully saturated rings. The highest BCUT2D eigenvalue weighted by Crippen LogP contribution is 2.19. The molecule has 0 spiro atoms. The molecule has 0 saturated carbocycles. The lowest BCUT2D eigenvalue weighted by Gasteiger charge is -2.06. The average Bonchev–Trinajstić information content (AvgIpc) is 3.09. The van der Waals surface area contributed by atoms with E-state index in [1.807, 2.05) is 30.3 Å². The van der Waals surface area contributed by atoms with Gasteiger partial charge in [0.1, 0.15) is 0 Å². The minimum Gasteiger partial charge on any atom is -0.416 e. The standard InChI is InChI=1S/C19H18N4O3S/c1-13(24)20-15-7-9-16(10-8-15)21-17(25)12-27-19-23-22-18(26-19)11-14-5-3-2-4-6-14/h2-10H,11-12H2,1H3,(H,20,24)(H,21,25). The van der Waals surface area contributed by atoms with Crippen LogP contribution in [0.2, 0.25) is 0 Å². The van der Waals surface area contributed by atoms with Gasteiger partial charge in [0, 0.05) is 18.3 Å². The Bertz CT molecular complexity index is 910. The van der Waals surface area contributed by atoms with E-state index < -0.39 is 0 Å².